The largest absolute Gasteiger partial charge is 0.492 e. The number of ether oxygens (including phenoxy) is 3. The number of benzene rings is 3. The normalized spacial score (nSPS) is 18.2. The van der Waals surface area contributed by atoms with Crippen LogP contribution in [-0.4, -0.2) is 36.7 Å². The van der Waals surface area contributed by atoms with Gasteiger partial charge < -0.3 is 24.2 Å². The molecule has 0 bridgehead atoms. The van der Waals surface area contributed by atoms with Gasteiger partial charge in [0, 0.05) is 10.6 Å². The summed E-state index contributed by atoms with van der Waals surface area (Å²) in [6, 6.07) is 19.2. The quantitative estimate of drug-likeness (QED) is 0.471. The molecule has 178 valence electrons. The number of hydrogen-bond acceptors (Lipinski definition) is 6. The lowest BCUT2D eigenvalue weighted by Crippen LogP contribution is -2.43. The number of carbonyl (C=O) groups excluding carboxylic acids is 2. The van der Waals surface area contributed by atoms with E-state index >= 15 is 0 Å². The monoisotopic (exact) mass is 491 g/mol. The molecule has 0 saturated heterocycles. The Bertz CT molecular complexity index is 1310. The number of para-hydroxylation sites is 1. The summed E-state index contributed by atoms with van der Waals surface area (Å²) in [6.45, 7) is 0.578. The third-order valence-corrected chi connectivity index (χ3v) is 6.18. The minimum absolute atomic E-state index is 0.164. The Morgan fingerprint density at radius 2 is 1.86 bits per heavy atom. The van der Waals surface area contributed by atoms with Crippen molar-refractivity contribution in [3.8, 4) is 17.2 Å². The molecule has 0 fully saturated rings. The average Bonchev–Trinajstić information content (AvgIpc) is 3.41. The van der Waals surface area contributed by atoms with Crippen LogP contribution < -0.4 is 19.1 Å². The maximum Gasteiger partial charge on any atom is 0.264 e. The van der Waals surface area contributed by atoms with E-state index in [1.807, 2.05) is 0 Å². The first-order chi connectivity index (χ1) is 16.9. The fourth-order valence-corrected chi connectivity index (χ4v) is 4.33. The van der Waals surface area contributed by atoms with E-state index in [9.17, 15) is 14.7 Å². The number of ketones is 1. The molecule has 3 aromatic rings. The molecule has 0 saturated carbocycles. The van der Waals surface area contributed by atoms with E-state index in [1.54, 1.807) is 72.8 Å². The maximum absolute atomic E-state index is 13.3. The topological polar surface area (TPSA) is 85.3 Å². The molecule has 35 heavy (non-hydrogen) atoms. The van der Waals surface area contributed by atoms with Crippen molar-refractivity contribution < 1.29 is 28.9 Å². The van der Waals surface area contributed by atoms with E-state index in [1.165, 1.54) is 11.0 Å². The van der Waals surface area contributed by atoms with E-state index in [4.69, 9.17) is 25.8 Å². The molecule has 3 aromatic carbocycles. The smallest absolute Gasteiger partial charge is 0.264 e. The van der Waals surface area contributed by atoms with E-state index in [-0.39, 0.29) is 32.1 Å². The molecular formula is C27H22ClNO6. The molecule has 1 amide bonds. The standard InChI is InChI=1S/C27H22ClNO6/c28-19-7-10-21(11-8-19)33-14-13-29-23-4-2-1-3-22(23)27(32,26(29)31)16-20(30)9-5-18-6-12-24-25(15-18)35-17-34-24/h1-12,15,32H,13-14,16-17H2/b9-5+/t27-/m0/s1. The number of carbonyl (C=O) groups is 2. The number of aliphatic hydroxyl groups is 1. The van der Waals surface area contributed by atoms with Crippen LogP contribution in [0.5, 0.6) is 17.2 Å². The Balaban J connectivity index is 1.28. The lowest BCUT2D eigenvalue weighted by atomic mass is 9.89. The zero-order valence-corrected chi connectivity index (χ0v) is 19.4. The zero-order valence-electron chi connectivity index (χ0n) is 18.6. The van der Waals surface area contributed by atoms with Crippen molar-refractivity contribution in [1.82, 2.24) is 0 Å². The molecule has 0 aromatic heterocycles. The maximum atomic E-state index is 13.3. The average molecular weight is 492 g/mol. The van der Waals surface area contributed by atoms with Gasteiger partial charge in [-0.25, -0.2) is 0 Å². The number of allylic oxidation sites excluding steroid dienone is 1. The first kappa shape index (κ1) is 23.0. The summed E-state index contributed by atoms with van der Waals surface area (Å²) in [5.74, 6) is 0.940. The summed E-state index contributed by atoms with van der Waals surface area (Å²) in [5.41, 5.74) is -0.241. The molecule has 0 spiro atoms. The second-order valence-electron chi connectivity index (χ2n) is 8.23. The van der Waals surface area contributed by atoms with Crippen LogP contribution in [0.15, 0.2) is 72.8 Å². The molecule has 2 heterocycles. The van der Waals surface area contributed by atoms with E-state index in [0.29, 0.717) is 33.5 Å². The van der Waals surface area contributed by atoms with Gasteiger partial charge in [0.25, 0.3) is 5.91 Å². The Labute approximate surface area is 207 Å². The van der Waals surface area contributed by atoms with Crippen molar-refractivity contribution in [2.45, 2.75) is 12.0 Å². The van der Waals surface area contributed by atoms with Crippen molar-refractivity contribution >= 4 is 35.1 Å². The van der Waals surface area contributed by atoms with Gasteiger partial charge in [-0.05, 0) is 54.1 Å². The summed E-state index contributed by atoms with van der Waals surface area (Å²) in [7, 11) is 0. The molecule has 7 nitrogen and oxygen atoms in total. The highest BCUT2D eigenvalue weighted by Gasteiger charge is 2.50. The van der Waals surface area contributed by atoms with Gasteiger partial charge in [-0.3, -0.25) is 9.59 Å². The molecule has 0 aliphatic carbocycles. The molecule has 0 unspecified atom stereocenters. The second-order valence-corrected chi connectivity index (χ2v) is 8.66. The van der Waals surface area contributed by atoms with Crippen LogP contribution >= 0.6 is 11.6 Å². The summed E-state index contributed by atoms with van der Waals surface area (Å²) >= 11 is 5.90. The van der Waals surface area contributed by atoms with Crippen molar-refractivity contribution in [2.24, 2.45) is 0 Å². The second kappa shape index (κ2) is 9.44. The van der Waals surface area contributed by atoms with Crippen molar-refractivity contribution in [2.75, 3.05) is 24.8 Å². The van der Waals surface area contributed by atoms with Gasteiger partial charge in [-0.15, -0.1) is 0 Å². The van der Waals surface area contributed by atoms with Gasteiger partial charge in [0.15, 0.2) is 22.9 Å². The number of amides is 1. The van der Waals surface area contributed by atoms with Crippen LogP contribution in [0.25, 0.3) is 6.08 Å². The Kier molecular flexibility index (Phi) is 6.19. The van der Waals surface area contributed by atoms with Crippen molar-refractivity contribution in [1.29, 1.82) is 0 Å². The lowest BCUT2D eigenvalue weighted by molar-refractivity contribution is -0.140. The van der Waals surface area contributed by atoms with E-state index in [0.717, 1.165) is 5.56 Å². The fraction of sp³-hybridized carbons (Fsp3) is 0.185. The first-order valence-corrected chi connectivity index (χ1v) is 11.4. The molecule has 5 rings (SSSR count). The van der Waals surface area contributed by atoms with Gasteiger partial charge in [-0.2, -0.15) is 0 Å². The van der Waals surface area contributed by atoms with Gasteiger partial charge in [0.05, 0.1) is 18.7 Å². The molecule has 1 atom stereocenters. The van der Waals surface area contributed by atoms with Crippen LogP contribution in [0.4, 0.5) is 5.69 Å². The SMILES string of the molecule is O=C(/C=C/c1ccc2c(c1)OCO2)C[C@@]1(O)C(=O)N(CCOc2ccc(Cl)cc2)c2ccccc21. The van der Waals surface area contributed by atoms with Gasteiger partial charge >= 0.3 is 0 Å². The molecular weight excluding hydrogens is 470 g/mol. The zero-order chi connectivity index (χ0) is 24.4. The van der Waals surface area contributed by atoms with Gasteiger partial charge in [-0.1, -0.05) is 41.9 Å². The molecule has 2 aliphatic heterocycles. The van der Waals surface area contributed by atoms with E-state index in [2.05, 4.69) is 0 Å². The van der Waals surface area contributed by atoms with Crippen molar-refractivity contribution in [3.05, 3.63) is 89.0 Å². The third-order valence-electron chi connectivity index (χ3n) is 5.92. The number of nitrogens with zero attached hydrogens (tertiary/aromatic N) is 1. The third kappa shape index (κ3) is 4.60. The number of fused-ring (bicyclic) bond motifs is 2. The first-order valence-electron chi connectivity index (χ1n) is 11.1. The Hall–Kier alpha value is -3.81. The number of hydrogen-bond donors (Lipinski definition) is 1. The molecule has 2 aliphatic rings. The minimum Gasteiger partial charge on any atom is -0.492 e. The van der Waals surface area contributed by atoms with Crippen LogP contribution in [0.2, 0.25) is 5.02 Å². The minimum atomic E-state index is -1.95. The Morgan fingerprint density at radius 1 is 1.09 bits per heavy atom. The van der Waals surface area contributed by atoms with Crippen LogP contribution in [0.3, 0.4) is 0 Å². The molecule has 0 radical (unpaired) electrons. The number of anilines is 1. The van der Waals surface area contributed by atoms with E-state index < -0.39 is 11.5 Å². The van der Waals surface area contributed by atoms with Gasteiger partial charge in [0.1, 0.15) is 12.4 Å². The summed E-state index contributed by atoms with van der Waals surface area (Å²) in [6.07, 6.45) is 2.60. The highest BCUT2D eigenvalue weighted by atomic mass is 35.5. The summed E-state index contributed by atoms with van der Waals surface area (Å²) in [5, 5.41) is 12.0. The molecule has 1 N–H and O–H groups in total. The lowest BCUT2D eigenvalue weighted by Gasteiger charge is -2.22. The fourth-order valence-electron chi connectivity index (χ4n) is 4.20. The summed E-state index contributed by atoms with van der Waals surface area (Å²) in [4.78, 5) is 27.6. The van der Waals surface area contributed by atoms with Crippen LogP contribution in [0, 0.1) is 0 Å². The predicted octanol–water partition coefficient (Wildman–Crippen LogP) is 4.35. The van der Waals surface area contributed by atoms with Crippen molar-refractivity contribution in [3.63, 3.8) is 0 Å². The molecule has 8 heteroatoms. The Morgan fingerprint density at radius 3 is 2.69 bits per heavy atom. The highest BCUT2D eigenvalue weighted by molar-refractivity contribution is 6.30. The van der Waals surface area contributed by atoms with Gasteiger partial charge in [0.2, 0.25) is 6.79 Å². The number of rotatable bonds is 8. The highest BCUT2D eigenvalue weighted by Crippen LogP contribution is 2.42. The predicted molar refractivity (Wildman–Crippen MR) is 131 cm³/mol. The summed E-state index contributed by atoms with van der Waals surface area (Å²) < 4.78 is 16.4. The van der Waals surface area contributed by atoms with Crippen LogP contribution in [0.1, 0.15) is 17.5 Å². The number of halogens is 1. The van der Waals surface area contributed by atoms with Crippen LogP contribution in [-0.2, 0) is 15.2 Å².